The predicted molar refractivity (Wildman–Crippen MR) is 80.1 cm³/mol. The van der Waals surface area contributed by atoms with E-state index < -0.39 is 4.92 Å². The molecule has 0 aliphatic carbocycles. The van der Waals surface area contributed by atoms with Crippen LogP contribution in [0.5, 0.6) is 0 Å². The van der Waals surface area contributed by atoms with Crippen molar-refractivity contribution in [3.63, 3.8) is 0 Å². The number of hydrogen-bond acceptors (Lipinski definition) is 4. The molecular weight excluding hydrogens is 270 g/mol. The molecule has 2 rings (SSSR count). The van der Waals surface area contributed by atoms with Gasteiger partial charge in [-0.05, 0) is 48.7 Å². The van der Waals surface area contributed by atoms with E-state index in [2.05, 4.69) is 10.3 Å². The van der Waals surface area contributed by atoms with Crippen molar-refractivity contribution in [2.45, 2.75) is 20.8 Å². The van der Waals surface area contributed by atoms with Gasteiger partial charge in [-0.1, -0.05) is 0 Å². The minimum atomic E-state index is -0.514. The third-order valence-corrected chi connectivity index (χ3v) is 3.27. The average Bonchev–Trinajstić information content (AvgIpc) is 2.41. The van der Waals surface area contributed by atoms with E-state index in [4.69, 9.17) is 0 Å². The van der Waals surface area contributed by atoms with Gasteiger partial charge in [0, 0.05) is 24.9 Å². The van der Waals surface area contributed by atoms with E-state index in [0.717, 1.165) is 22.4 Å². The quantitative estimate of drug-likeness (QED) is 0.693. The van der Waals surface area contributed by atoms with Crippen molar-refractivity contribution in [1.29, 1.82) is 0 Å². The van der Waals surface area contributed by atoms with Crippen molar-refractivity contribution in [2.75, 3.05) is 5.32 Å². The number of nitrogens with zero attached hydrogens (tertiary/aromatic N) is 2. The third-order valence-electron chi connectivity index (χ3n) is 3.27. The van der Waals surface area contributed by atoms with E-state index in [-0.39, 0.29) is 17.3 Å². The number of nitro benzene ring substituents is 1. The monoisotopic (exact) mass is 285 g/mol. The van der Waals surface area contributed by atoms with Crippen LogP contribution in [0.25, 0.3) is 11.1 Å². The molecule has 0 fully saturated rings. The maximum atomic E-state index is 11.2. The number of nitrogens with one attached hydrogen (secondary N) is 1. The fourth-order valence-corrected chi connectivity index (χ4v) is 2.11. The van der Waals surface area contributed by atoms with Crippen LogP contribution in [-0.4, -0.2) is 15.8 Å². The number of aryl methyl sites for hydroxylation is 1. The molecule has 0 radical (unpaired) electrons. The fourth-order valence-electron chi connectivity index (χ4n) is 2.11. The first-order valence-corrected chi connectivity index (χ1v) is 6.38. The van der Waals surface area contributed by atoms with Crippen LogP contribution < -0.4 is 5.32 Å². The maximum absolute atomic E-state index is 11.2. The molecule has 1 heterocycles. The number of anilines is 1. The van der Waals surface area contributed by atoms with E-state index in [9.17, 15) is 14.9 Å². The first-order chi connectivity index (χ1) is 9.90. The number of carbonyl (C=O) groups excluding carboxylic acids is 1. The Labute approximate surface area is 122 Å². The lowest BCUT2D eigenvalue weighted by Gasteiger charge is -2.10. The number of carbonyl (C=O) groups is 1. The van der Waals surface area contributed by atoms with Crippen molar-refractivity contribution in [2.24, 2.45) is 0 Å². The summed E-state index contributed by atoms with van der Waals surface area (Å²) in [7, 11) is 0. The van der Waals surface area contributed by atoms with Crippen LogP contribution in [0.3, 0.4) is 0 Å². The molecule has 0 unspecified atom stereocenters. The number of pyridine rings is 1. The topological polar surface area (TPSA) is 85.1 Å². The normalized spacial score (nSPS) is 10.2. The van der Waals surface area contributed by atoms with Crippen LogP contribution in [0.1, 0.15) is 18.2 Å². The van der Waals surface area contributed by atoms with E-state index in [1.807, 2.05) is 19.9 Å². The van der Waals surface area contributed by atoms with Crippen LogP contribution >= 0.6 is 0 Å². The molecule has 1 N–H and O–H groups in total. The van der Waals surface area contributed by atoms with E-state index >= 15 is 0 Å². The van der Waals surface area contributed by atoms with Gasteiger partial charge < -0.3 is 5.32 Å². The predicted octanol–water partition coefficient (Wildman–Crippen LogP) is 3.23. The minimum absolute atomic E-state index is 0.127. The zero-order valence-corrected chi connectivity index (χ0v) is 12.0. The standard InChI is InChI=1S/C15H15N3O3/c1-9-10(2)16-7-6-13(9)12-4-5-15(18(20)21)14(8-12)17-11(3)19/h4-8H,1-3H3,(H,17,19). The summed E-state index contributed by atoms with van der Waals surface area (Å²) < 4.78 is 0. The average molecular weight is 285 g/mol. The molecule has 0 bridgehead atoms. The molecule has 6 heteroatoms. The van der Waals surface area contributed by atoms with Gasteiger partial charge in [0.25, 0.3) is 5.69 Å². The fraction of sp³-hybridized carbons (Fsp3) is 0.200. The Morgan fingerprint density at radius 1 is 1.29 bits per heavy atom. The molecule has 21 heavy (non-hydrogen) atoms. The second-order valence-corrected chi connectivity index (χ2v) is 4.74. The van der Waals surface area contributed by atoms with Gasteiger partial charge in [0.2, 0.25) is 5.91 Å². The minimum Gasteiger partial charge on any atom is -0.321 e. The lowest BCUT2D eigenvalue weighted by atomic mass is 9.99. The van der Waals surface area contributed by atoms with Crippen LogP contribution in [0.4, 0.5) is 11.4 Å². The molecule has 0 aliphatic heterocycles. The van der Waals surface area contributed by atoms with E-state index in [1.165, 1.54) is 13.0 Å². The van der Waals surface area contributed by atoms with Gasteiger partial charge in [-0.3, -0.25) is 19.9 Å². The summed E-state index contributed by atoms with van der Waals surface area (Å²) >= 11 is 0. The van der Waals surface area contributed by atoms with Crippen LogP contribution in [-0.2, 0) is 4.79 Å². The van der Waals surface area contributed by atoms with Gasteiger partial charge in [0.05, 0.1) is 4.92 Å². The largest absolute Gasteiger partial charge is 0.321 e. The number of nitro groups is 1. The SMILES string of the molecule is CC(=O)Nc1cc(-c2ccnc(C)c2C)ccc1[N+](=O)[O-]. The summed E-state index contributed by atoms with van der Waals surface area (Å²) in [5.41, 5.74) is 3.69. The zero-order chi connectivity index (χ0) is 15.6. The highest BCUT2D eigenvalue weighted by atomic mass is 16.6. The first kappa shape index (κ1) is 14.6. The van der Waals surface area contributed by atoms with Gasteiger partial charge in [0.1, 0.15) is 5.69 Å². The van der Waals surface area contributed by atoms with Crippen LogP contribution in [0.2, 0.25) is 0 Å². The number of amides is 1. The lowest BCUT2D eigenvalue weighted by molar-refractivity contribution is -0.383. The Morgan fingerprint density at radius 2 is 2.00 bits per heavy atom. The molecule has 108 valence electrons. The number of hydrogen-bond donors (Lipinski definition) is 1. The molecule has 0 aliphatic rings. The molecule has 1 aromatic heterocycles. The molecule has 0 atom stereocenters. The Balaban J connectivity index is 2.58. The van der Waals surface area contributed by atoms with Crippen molar-refractivity contribution in [3.8, 4) is 11.1 Å². The molecule has 0 saturated carbocycles. The van der Waals surface area contributed by atoms with Crippen molar-refractivity contribution in [3.05, 3.63) is 51.8 Å². The van der Waals surface area contributed by atoms with E-state index in [1.54, 1.807) is 18.3 Å². The molecule has 1 aromatic carbocycles. The highest BCUT2D eigenvalue weighted by Crippen LogP contribution is 2.32. The van der Waals surface area contributed by atoms with Crippen molar-refractivity contribution in [1.82, 2.24) is 4.98 Å². The highest BCUT2D eigenvalue weighted by Gasteiger charge is 2.16. The van der Waals surface area contributed by atoms with E-state index in [0.29, 0.717) is 0 Å². The molecule has 0 spiro atoms. The van der Waals surface area contributed by atoms with Crippen LogP contribution in [0, 0.1) is 24.0 Å². The smallest absolute Gasteiger partial charge is 0.292 e. The number of rotatable bonds is 3. The Bertz CT molecular complexity index is 726. The Hall–Kier alpha value is -2.76. The molecule has 0 saturated heterocycles. The third kappa shape index (κ3) is 3.05. The number of aromatic nitrogens is 1. The highest BCUT2D eigenvalue weighted by molar-refractivity contribution is 5.92. The maximum Gasteiger partial charge on any atom is 0.292 e. The first-order valence-electron chi connectivity index (χ1n) is 6.38. The Kier molecular flexibility index (Phi) is 3.98. The second kappa shape index (κ2) is 5.70. The van der Waals surface area contributed by atoms with Gasteiger partial charge in [-0.25, -0.2) is 0 Å². The van der Waals surface area contributed by atoms with Gasteiger partial charge >= 0.3 is 0 Å². The zero-order valence-electron chi connectivity index (χ0n) is 12.0. The lowest BCUT2D eigenvalue weighted by Crippen LogP contribution is -2.08. The van der Waals surface area contributed by atoms with Crippen molar-refractivity contribution >= 4 is 17.3 Å². The van der Waals surface area contributed by atoms with Gasteiger partial charge in [0.15, 0.2) is 0 Å². The van der Waals surface area contributed by atoms with Crippen molar-refractivity contribution < 1.29 is 9.72 Å². The summed E-state index contributed by atoms with van der Waals surface area (Å²) in [6.07, 6.45) is 1.69. The van der Waals surface area contributed by atoms with Gasteiger partial charge in [-0.2, -0.15) is 0 Å². The molecule has 2 aromatic rings. The molecule has 6 nitrogen and oxygen atoms in total. The summed E-state index contributed by atoms with van der Waals surface area (Å²) in [6.45, 7) is 5.16. The molecular formula is C15H15N3O3. The van der Waals surface area contributed by atoms with Gasteiger partial charge in [-0.15, -0.1) is 0 Å². The van der Waals surface area contributed by atoms with Crippen LogP contribution in [0.15, 0.2) is 30.5 Å². The number of benzene rings is 1. The summed E-state index contributed by atoms with van der Waals surface area (Å²) in [6, 6.07) is 6.53. The summed E-state index contributed by atoms with van der Waals surface area (Å²) in [5.74, 6) is -0.349. The Morgan fingerprint density at radius 3 is 2.62 bits per heavy atom. The second-order valence-electron chi connectivity index (χ2n) is 4.74. The summed E-state index contributed by atoms with van der Waals surface area (Å²) in [4.78, 5) is 25.9. The molecule has 1 amide bonds. The summed E-state index contributed by atoms with van der Waals surface area (Å²) in [5, 5.41) is 13.5.